The van der Waals surface area contributed by atoms with Gasteiger partial charge in [0.2, 0.25) is 14.9 Å². The first kappa shape index (κ1) is 16.1. The Bertz CT molecular complexity index is 1010. The second-order valence-corrected chi connectivity index (χ2v) is 7.89. The van der Waals surface area contributed by atoms with E-state index in [-0.39, 0.29) is 21.6 Å². The first-order valence-corrected chi connectivity index (χ1v) is 9.29. The van der Waals surface area contributed by atoms with Gasteiger partial charge in [-0.05, 0) is 45.8 Å². The average molecular weight is 401 g/mol. The summed E-state index contributed by atoms with van der Waals surface area (Å²) in [5.41, 5.74) is 1.12. The molecule has 0 N–H and O–H groups in total. The fourth-order valence-electron chi connectivity index (χ4n) is 2.47. The quantitative estimate of drug-likeness (QED) is 0.651. The largest absolute Gasteiger partial charge is 0.444 e. The Morgan fingerprint density at radius 1 is 1.17 bits per heavy atom. The van der Waals surface area contributed by atoms with Crippen LogP contribution in [-0.2, 0) is 16.3 Å². The van der Waals surface area contributed by atoms with Gasteiger partial charge in [-0.3, -0.25) is 0 Å². The fourth-order valence-corrected chi connectivity index (χ4v) is 3.90. The van der Waals surface area contributed by atoms with Crippen LogP contribution in [0.1, 0.15) is 11.1 Å². The smallest absolute Gasteiger partial charge is 0.222 e. The van der Waals surface area contributed by atoms with Crippen LogP contribution in [0.15, 0.2) is 50.4 Å². The molecule has 3 rings (SSSR count). The normalized spacial score (nSPS) is 12.0. The maximum absolute atomic E-state index is 13.8. The average Bonchev–Trinajstić information content (AvgIpc) is 2.82. The van der Waals surface area contributed by atoms with Crippen LogP contribution in [-0.4, -0.2) is 14.7 Å². The molecule has 0 amide bonds. The number of furan rings is 1. The van der Waals surface area contributed by atoms with Gasteiger partial charge in [-0.2, -0.15) is 0 Å². The van der Waals surface area contributed by atoms with Gasteiger partial charge in [0, 0.05) is 23.6 Å². The van der Waals surface area contributed by atoms with Crippen LogP contribution in [0.5, 0.6) is 0 Å². The predicted octanol–water partition coefficient (Wildman–Crippen LogP) is 4.47. The van der Waals surface area contributed by atoms with E-state index < -0.39 is 21.5 Å². The lowest BCUT2D eigenvalue weighted by Gasteiger charge is -2.04. The van der Waals surface area contributed by atoms with Gasteiger partial charge in [0.05, 0.1) is 4.47 Å². The van der Waals surface area contributed by atoms with Gasteiger partial charge >= 0.3 is 0 Å². The second kappa shape index (κ2) is 5.72. The Kier molecular flexibility index (Phi) is 4.01. The molecular weight excluding hydrogens is 390 g/mol. The number of sulfone groups is 1. The molecule has 0 atom stereocenters. The first-order valence-electron chi connectivity index (χ1n) is 6.61. The van der Waals surface area contributed by atoms with Crippen molar-refractivity contribution in [2.45, 2.75) is 11.5 Å². The molecule has 2 aromatic carbocycles. The number of hydrogen-bond donors (Lipinski definition) is 0. The summed E-state index contributed by atoms with van der Waals surface area (Å²) in [5, 5.41) is 0.109. The Labute approximate surface area is 140 Å². The van der Waals surface area contributed by atoms with Gasteiger partial charge in [0.1, 0.15) is 17.2 Å². The van der Waals surface area contributed by atoms with Gasteiger partial charge in [0.25, 0.3) is 0 Å². The van der Waals surface area contributed by atoms with E-state index in [1.165, 1.54) is 30.3 Å². The van der Waals surface area contributed by atoms with Crippen molar-refractivity contribution in [3.05, 3.63) is 63.6 Å². The molecule has 7 heteroatoms. The Morgan fingerprint density at radius 3 is 2.57 bits per heavy atom. The molecule has 3 aromatic rings. The monoisotopic (exact) mass is 400 g/mol. The minimum absolute atomic E-state index is 0.106. The summed E-state index contributed by atoms with van der Waals surface area (Å²) >= 11 is 3.14. The molecule has 120 valence electrons. The zero-order valence-electron chi connectivity index (χ0n) is 11.9. The molecule has 0 radical (unpaired) electrons. The molecule has 1 aromatic heterocycles. The third-order valence-electron chi connectivity index (χ3n) is 3.41. The SMILES string of the molecule is CS(=O)(=O)c1oc2ccc(F)c(Br)c2c1Cc1cccc(F)c1. The molecule has 3 nitrogen and oxygen atoms in total. The summed E-state index contributed by atoms with van der Waals surface area (Å²) in [6.07, 6.45) is 1.12. The number of fused-ring (bicyclic) bond motifs is 1. The Morgan fingerprint density at radius 2 is 1.91 bits per heavy atom. The molecule has 0 saturated heterocycles. The highest BCUT2D eigenvalue weighted by Gasteiger charge is 2.25. The number of halogens is 3. The lowest BCUT2D eigenvalue weighted by atomic mass is 10.0. The van der Waals surface area contributed by atoms with E-state index >= 15 is 0 Å². The van der Waals surface area contributed by atoms with Crippen LogP contribution in [0.3, 0.4) is 0 Å². The van der Waals surface area contributed by atoms with Gasteiger partial charge in [-0.15, -0.1) is 0 Å². The van der Waals surface area contributed by atoms with Crippen LogP contribution in [0.2, 0.25) is 0 Å². The van der Waals surface area contributed by atoms with Gasteiger partial charge < -0.3 is 4.42 Å². The van der Waals surface area contributed by atoms with Crippen molar-refractivity contribution >= 4 is 36.7 Å². The van der Waals surface area contributed by atoms with Gasteiger partial charge in [0.15, 0.2) is 0 Å². The molecule has 0 aliphatic heterocycles. The van der Waals surface area contributed by atoms with E-state index in [2.05, 4.69) is 15.9 Å². The van der Waals surface area contributed by atoms with E-state index in [1.54, 1.807) is 6.07 Å². The summed E-state index contributed by atoms with van der Waals surface area (Å²) in [6.45, 7) is 0. The van der Waals surface area contributed by atoms with Crippen molar-refractivity contribution in [3.63, 3.8) is 0 Å². The van der Waals surface area contributed by atoms with Crippen LogP contribution in [0.25, 0.3) is 11.0 Å². The van der Waals surface area contributed by atoms with Crippen molar-refractivity contribution in [2.24, 2.45) is 0 Å². The van der Waals surface area contributed by atoms with Crippen molar-refractivity contribution in [1.29, 1.82) is 0 Å². The highest BCUT2D eigenvalue weighted by atomic mass is 79.9. The Balaban J connectivity index is 2.30. The minimum Gasteiger partial charge on any atom is -0.444 e. The molecule has 23 heavy (non-hydrogen) atoms. The molecule has 1 heterocycles. The summed E-state index contributed by atoms with van der Waals surface area (Å²) < 4.78 is 56.8. The molecule has 0 fully saturated rings. The van der Waals surface area contributed by atoms with Crippen LogP contribution < -0.4 is 0 Å². The maximum atomic E-state index is 13.8. The van der Waals surface area contributed by atoms with Crippen LogP contribution in [0, 0.1) is 11.6 Å². The number of benzene rings is 2. The van der Waals surface area contributed by atoms with Crippen molar-refractivity contribution < 1.29 is 21.6 Å². The van der Waals surface area contributed by atoms with Crippen molar-refractivity contribution in [3.8, 4) is 0 Å². The molecule has 0 aliphatic rings. The van der Waals surface area contributed by atoms with Crippen LogP contribution >= 0.6 is 15.9 Å². The topological polar surface area (TPSA) is 47.3 Å². The Hall–Kier alpha value is -1.73. The second-order valence-electron chi connectivity index (χ2n) is 5.18. The molecule has 0 aliphatic carbocycles. The standard InChI is InChI=1S/C16H11BrF2O3S/c1-23(20,21)16-11(8-9-3-2-4-10(18)7-9)14-13(22-16)6-5-12(19)15(14)17/h2-7H,8H2,1H3. The molecule has 0 unspecified atom stereocenters. The predicted molar refractivity (Wildman–Crippen MR) is 86.2 cm³/mol. The van der Waals surface area contributed by atoms with Crippen molar-refractivity contribution in [2.75, 3.05) is 6.26 Å². The highest BCUT2D eigenvalue weighted by molar-refractivity contribution is 9.10. The first-order chi connectivity index (χ1) is 10.8. The number of hydrogen-bond acceptors (Lipinski definition) is 3. The summed E-state index contributed by atoms with van der Waals surface area (Å²) in [7, 11) is -3.66. The zero-order chi connectivity index (χ0) is 16.8. The third-order valence-corrected chi connectivity index (χ3v) is 5.19. The summed E-state index contributed by atoms with van der Waals surface area (Å²) in [5.74, 6) is -0.958. The molecule has 0 saturated carbocycles. The minimum atomic E-state index is -3.66. The molecule has 0 bridgehead atoms. The molecular formula is C16H11BrF2O3S. The highest BCUT2D eigenvalue weighted by Crippen LogP contribution is 2.37. The molecule has 0 spiro atoms. The lowest BCUT2D eigenvalue weighted by Crippen LogP contribution is -2.01. The van der Waals surface area contributed by atoms with E-state index in [1.807, 2.05) is 0 Å². The maximum Gasteiger partial charge on any atom is 0.222 e. The van der Waals surface area contributed by atoms with Crippen LogP contribution in [0.4, 0.5) is 8.78 Å². The van der Waals surface area contributed by atoms with Gasteiger partial charge in [-0.1, -0.05) is 12.1 Å². The lowest BCUT2D eigenvalue weighted by molar-refractivity contribution is 0.478. The van der Waals surface area contributed by atoms with E-state index in [0.717, 1.165) is 6.26 Å². The number of rotatable bonds is 3. The van der Waals surface area contributed by atoms with Gasteiger partial charge in [-0.25, -0.2) is 17.2 Å². The summed E-state index contributed by atoms with van der Waals surface area (Å²) in [4.78, 5) is 0. The summed E-state index contributed by atoms with van der Waals surface area (Å²) in [6, 6.07) is 8.36. The van der Waals surface area contributed by atoms with E-state index in [4.69, 9.17) is 4.42 Å². The third kappa shape index (κ3) is 3.03. The fraction of sp³-hybridized carbons (Fsp3) is 0.125. The van der Waals surface area contributed by atoms with E-state index in [9.17, 15) is 17.2 Å². The zero-order valence-corrected chi connectivity index (χ0v) is 14.3. The van der Waals surface area contributed by atoms with Crippen molar-refractivity contribution in [1.82, 2.24) is 0 Å². The van der Waals surface area contributed by atoms with E-state index in [0.29, 0.717) is 16.5 Å².